The molecule has 1 unspecified atom stereocenters. The smallest absolute Gasteiger partial charge is 0.261 e. The van der Waals surface area contributed by atoms with Gasteiger partial charge in [-0.05, 0) is 35.4 Å². The number of rotatable bonds is 10. The van der Waals surface area contributed by atoms with Crippen LogP contribution in [0.15, 0.2) is 83.3 Å². The van der Waals surface area contributed by atoms with Crippen molar-refractivity contribution in [2.75, 3.05) is 20.8 Å². The molecule has 33 heavy (non-hydrogen) atoms. The summed E-state index contributed by atoms with van der Waals surface area (Å²) in [6.45, 7) is 0.0368. The largest absolute Gasteiger partial charge is 0.493 e. The van der Waals surface area contributed by atoms with Gasteiger partial charge in [0.15, 0.2) is 18.1 Å². The third kappa shape index (κ3) is 6.83. The van der Waals surface area contributed by atoms with Crippen molar-refractivity contribution in [2.24, 2.45) is 0 Å². The molecule has 0 spiro atoms. The zero-order valence-electron chi connectivity index (χ0n) is 18.7. The van der Waals surface area contributed by atoms with Crippen LogP contribution in [0.1, 0.15) is 11.1 Å². The summed E-state index contributed by atoms with van der Waals surface area (Å²) >= 11 is 3.48. The first-order chi connectivity index (χ1) is 16.0. The van der Waals surface area contributed by atoms with Crippen molar-refractivity contribution < 1.29 is 19.1 Å². The first-order valence-corrected chi connectivity index (χ1v) is 11.4. The Hall–Kier alpha value is -3.32. The molecule has 3 aromatic rings. The second kappa shape index (κ2) is 12.1. The number of nitrogens with one attached hydrogen (secondary N) is 1. The van der Waals surface area contributed by atoms with Gasteiger partial charge in [0.05, 0.1) is 7.11 Å². The van der Waals surface area contributed by atoms with Gasteiger partial charge in [-0.2, -0.15) is 0 Å². The van der Waals surface area contributed by atoms with Gasteiger partial charge in [-0.25, -0.2) is 0 Å². The number of nitrogens with zero attached hydrogens (tertiary/aromatic N) is 1. The van der Waals surface area contributed by atoms with Crippen LogP contribution in [0.25, 0.3) is 0 Å². The molecular formula is C26H27BrN2O4. The summed E-state index contributed by atoms with van der Waals surface area (Å²) in [5, 5.41) is 2.71. The highest BCUT2D eigenvalue weighted by atomic mass is 79.9. The molecule has 0 radical (unpaired) electrons. The van der Waals surface area contributed by atoms with Crippen molar-refractivity contribution in [3.05, 3.63) is 94.5 Å². The first kappa shape index (κ1) is 24.3. The normalized spacial score (nSPS) is 11.4. The minimum absolute atomic E-state index is 0.226. The molecule has 0 aromatic heterocycles. The third-order valence-electron chi connectivity index (χ3n) is 5.18. The summed E-state index contributed by atoms with van der Waals surface area (Å²) in [6.07, 6.45) is 0.384. The maximum atomic E-state index is 13.4. The van der Waals surface area contributed by atoms with Crippen molar-refractivity contribution in [3.63, 3.8) is 0 Å². The van der Waals surface area contributed by atoms with Crippen LogP contribution in [-0.4, -0.2) is 43.5 Å². The van der Waals surface area contributed by atoms with Gasteiger partial charge in [0, 0.05) is 24.5 Å². The first-order valence-electron chi connectivity index (χ1n) is 10.6. The van der Waals surface area contributed by atoms with E-state index in [1.807, 2.05) is 66.7 Å². The average Bonchev–Trinajstić information content (AvgIpc) is 2.85. The quantitative estimate of drug-likeness (QED) is 0.443. The van der Waals surface area contributed by atoms with Gasteiger partial charge in [0.1, 0.15) is 6.04 Å². The van der Waals surface area contributed by atoms with Gasteiger partial charge in [0.2, 0.25) is 5.91 Å². The van der Waals surface area contributed by atoms with Crippen LogP contribution in [0.5, 0.6) is 11.5 Å². The van der Waals surface area contributed by atoms with E-state index in [9.17, 15) is 9.59 Å². The lowest BCUT2D eigenvalue weighted by atomic mass is 10.0. The molecule has 0 aliphatic heterocycles. The number of methoxy groups -OCH3 is 1. The molecule has 2 amide bonds. The third-order valence-corrected chi connectivity index (χ3v) is 5.67. The van der Waals surface area contributed by atoms with Gasteiger partial charge in [-0.3, -0.25) is 9.59 Å². The van der Waals surface area contributed by atoms with E-state index >= 15 is 0 Å². The molecule has 0 saturated carbocycles. The molecule has 0 bridgehead atoms. The predicted octanol–water partition coefficient (Wildman–Crippen LogP) is 4.22. The Morgan fingerprint density at radius 1 is 0.939 bits per heavy atom. The summed E-state index contributed by atoms with van der Waals surface area (Å²) in [4.78, 5) is 27.9. The van der Waals surface area contributed by atoms with Crippen LogP contribution < -0.4 is 14.8 Å². The van der Waals surface area contributed by atoms with Crippen LogP contribution in [-0.2, 0) is 22.6 Å². The molecule has 0 saturated heterocycles. The Balaban J connectivity index is 1.88. The number of carbonyl (C=O) groups excluding carboxylic acids is 2. The lowest BCUT2D eigenvalue weighted by molar-refractivity contribution is -0.142. The standard InChI is InChI=1S/C26H27BrN2O4/c1-28-26(31)22(16-19-9-4-3-5-10-19)29(17-20-11-8-12-21(27)15-20)25(30)18-33-24-14-7-6-13-23(24)32-2/h3-15,22H,16-18H2,1-2H3,(H,28,31). The number of amides is 2. The highest BCUT2D eigenvalue weighted by Crippen LogP contribution is 2.26. The zero-order valence-corrected chi connectivity index (χ0v) is 20.2. The average molecular weight is 511 g/mol. The molecule has 6 nitrogen and oxygen atoms in total. The molecule has 1 atom stereocenters. The monoisotopic (exact) mass is 510 g/mol. The van der Waals surface area contributed by atoms with Gasteiger partial charge in [0.25, 0.3) is 5.91 Å². The summed E-state index contributed by atoms with van der Waals surface area (Å²) in [5.41, 5.74) is 1.86. The van der Waals surface area contributed by atoms with Crippen molar-refractivity contribution in [2.45, 2.75) is 19.0 Å². The summed E-state index contributed by atoms with van der Waals surface area (Å²) in [7, 11) is 3.12. The fourth-order valence-corrected chi connectivity index (χ4v) is 3.96. The molecule has 1 N–H and O–H groups in total. The number of likely N-dealkylation sites (N-methyl/N-ethyl adjacent to an activating group) is 1. The number of halogens is 1. The molecule has 0 heterocycles. The maximum absolute atomic E-state index is 13.4. The number of hydrogen-bond donors (Lipinski definition) is 1. The highest BCUT2D eigenvalue weighted by Gasteiger charge is 2.30. The van der Waals surface area contributed by atoms with Gasteiger partial charge < -0.3 is 19.7 Å². The summed E-state index contributed by atoms with van der Waals surface area (Å²) < 4.78 is 12.0. The van der Waals surface area contributed by atoms with Crippen LogP contribution in [0.2, 0.25) is 0 Å². The lowest BCUT2D eigenvalue weighted by Crippen LogP contribution is -2.51. The highest BCUT2D eigenvalue weighted by molar-refractivity contribution is 9.10. The van der Waals surface area contributed by atoms with Crippen LogP contribution in [0.4, 0.5) is 0 Å². The molecule has 0 aliphatic rings. The molecule has 172 valence electrons. The number of benzene rings is 3. The fraction of sp³-hybridized carbons (Fsp3) is 0.231. The van der Waals surface area contributed by atoms with E-state index in [0.717, 1.165) is 15.6 Å². The van der Waals surface area contributed by atoms with Crippen LogP contribution in [0.3, 0.4) is 0 Å². The van der Waals surface area contributed by atoms with E-state index in [1.54, 1.807) is 31.2 Å². The Morgan fingerprint density at radius 2 is 1.61 bits per heavy atom. The minimum Gasteiger partial charge on any atom is -0.493 e. The number of ether oxygens (including phenoxy) is 2. The second-order valence-corrected chi connectivity index (χ2v) is 8.33. The SMILES string of the molecule is CNC(=O)C(Cc1ccccc1)N(Cc1cccc(Br)c1)C(=O)COc1ccccc1OC. The second-order valence-electron chi connectivity index (χ2n) is 7.41. The molecular weight excluding hydrogens is 484 g/mol. The van der Waals surface area contributed by atoms with E-state index in [4.69, 9.17) is 9.47 Å². The fourth-order valence-electron chi connectivity index (χ4n) is 3.51. The topological polar surface area (TPSA) is 67.9 Å². The van der Waals surface area contributed by atoms with Crippen LogP contribution in [0, 0.1) is 0 Å². The van der Waals surface area contributed by atoms with E-state index in [0.29, 0.717) is 17.9 Å². The minimum atomic E-state index is -0.704. The Kier molecular flexibility index (Phi) is 8.89. The predicted molar refractivity (Wildman–Crippen MR) is 131 cm³/mol. The van der Waals surface area contributed by atoms with E-state index in [1.165, 1.54) is 0 Å². The van der Waals surface area contributed by atoms with Gasteiger partial charge >= 0.3 is 0 Å². The number of para-hydroxylation sites is 2. The summed E-state index contributed by atoms with van der Waals surface area (Å²) in [5.74, 6) is 0.469. The van der Waals surface area contributed by atoms with E-state index < -0.39 is 6.04 Å². The molecule has 3 rings (SSSR count). The van der Waals surface area contributed by atoms with Crippen LogP contribution >= 0.6 is 15.9 Å². The number of hydrogen-bond acceptors (Lipinski definition) is 4. The van der Waals surface area contributed by atoms with E-state index in [2.05, 4.69) is 21.2 Å². The molecule has 0 fully saturated rings. The Labute approximate surface area is 202 Å². The Morgan fingerprint density at radius 3 is 2.27 bits per heavy atom. The van der Waals surface area contributed by atoms with E-state index in [-0.39, 0.29) is 25.0 Å². The zero-order chi connectivity index (χ0) is 23.6. The van der Waals surface area contributed by atoms with Crippen molar-refractivity contribution in [1.82, 2.24) is 10.2 Å². The van der Waals surface area contributed by atoms with Crippen molar-refractivity contribution in [3.8, 4) is 11.5 Å². The lowest BCUT2D eigenvalue weighted by Gasteiger charge is -2.31. The molecule has 3 aromatic carbocycles. The van der Waals surface area contributed by atoms with Crippen molar-refractivity contribution in [1.29, 1.82) is 0 Å². The Bertz CT molecular complexity index is 1070. The number of carbonyl (C=O) groups is 2. The molecule has 0 aliphatic carbocycles. The molecule has 7 heteroatoms. The van der Waals surface area contributed by atoms with Crippen molar-refractivity contribution >= 4 is 27.7 Å². The maximum Gasteiger partial charge on any atom is 0.261 e. The van der Waals surface area contributed by atoms with Gasteiger partial charge in [-0.15, -0.1) is 0 Å². The summed E-state index contributed by atoms with van der Waals surface area (Å²) in [6, 6.07) is 23.8. The van der Waals surface area contributed by atoms with Gasteiger partial charge in [-0.1, -0.05) is 70.5 Å².